The van der Waals surface area contributed by atoms with Gasteiger partial charge in [0.25, 0.3) is 0 Å². The molecule has 1 rings (SSSR count). The lowest BCUT2D eigenvalue weighted by Gasteiger charge is -2.08. The molecule has 0 spiro atoms. The Morgan fingerprint density at radius 3 is 2.39 bits per heavy atom. The van der Waals surface area contributed by atoms with Gasteiger partial charge in [-0.25, -0.2) is 8.78 Å². The molecule has 0 aliphatic rings. The van der Waals surface area contributed by atoms with E-state index >= 15 is 0 Å². The third kappa shape index (κ3) is 3.76. The Kier molecular flexibility index (Phi) is 4.39. The van der Waals surface area contributed by atoms with Gasteiger partial charge in [0.2, 0.25) is 0 Å². The van der Waals surface area contributed by atoms with Gasteiger partial charge >= 0.3 is 6.18 Å². The Balaban J connectivity index is 2.71. The van der Waals surface area contributed by atoms with Gasteiger partial charge in [-0.2, -0.15) is 13.2 Å². The largest absolute Gasteiger partial charge is 0.411 e. The first-order valence-electron chi connectivity index (χ1n) is 4.84. The first-order valence-corrected chi connectivity index (χ1v) is 4.84. The van der Waals surface area contributed by atoms with Crippen LogP contribution in [-0.4, -0.2) is 25.2 Å². The van der Waals surface area contributed by atoms with Crippen LogP contribution in [-0.2, 0) is 4.74 Å². The number of Topliss-reactive ketones (excluding diaryl/α,β-unsaturated/α-hetero) is 1. The van der Waals surface area contributed by atoms with Crippen LogP contribution in [0.1, 0.15) is 15.9 Å². The quantitative estimate of drug-likeness (QED) is 0.619. The molecule has 0 atom stereocenters. The Hall–Kier alpha value is -1.50. The van der Waals surface area contributed by atoms with Gasteiger partial charge in [0.05, 0.1) is 5.56 Å². The van der Waals surface area contributed by atoms with Gasteiger partial charge in [-0.15, -0.1) is 0 Å². The fraction of sp³-hybridized carbons (Fsp3) is 0.364. The van der Waals surface area contributed by atoms with Crippen molar-refractivity contribution in [2.45, 2.75) is 13.1 Å². The highest BCUT2D eigenvalue weighted by atomic mass is 19.4. The van der Waals surface area contributed by atoms with Crippen LogP contribution in [0.25, 0.3) is 0 Å². The maximum absolute atomic E-state index is 13.3. The van der Waals surface area contributed by atoms with Crippen molar-refractivity contribution in [1.29, 1.82) is 0 Å². The van der Waals surface area contributed by atoms with Crippen LogP contribution < -0.4 is 0 Å². The highest BCUT2D eigenvalue weighted by Crippen LogP contribution is 2.17. The zero-order valence-electron chi connectivity index (χ0n) is 9.28. The molecule has 2 nitrogen and oxygen atoms in total. The van der Waals surface area contributed by atoms with E-state index in [1.165, 1.54) is 6.92 Å². The number of rotatable bonds is 4. The topological polar surface area (TPSA) is 26.3 Å². The van der Waals surface area contributed by atoms with E-state index in [0.29, 0.717) is 0 Å². The number of halogens is 5. The third-order valence-corrected chi connectivity index (χ3v) is 2.07. The summed E-state index contributed by atoms with van der Waals surface area (Å²) < 4.78 is 65.7. The fourth-order valence-corrected chi connectivity index (χ4v) is 1.20. The zero-order valence-corrected chi connectivity index (χ0v) is 9.28. The summed E-state index contributed by atoms with van der Waals surface area (Å²) in [7, 11) is 0. The summed E-state index contributed by atoms with van der Waals surface area (Å²) in [6.45, 7) is -1.28. The summed E-state index contributed by atoms with van der Waals surface area (Å²) in [4.78, 5) is 11.3. The number of carbonyl (C=O) groups excluding carboxylic acids is 1. The molecule has 0 fully saturated rings. The van der Waals surface area contributed by atoms with Gasteiger partial charge in [0, 0.05) is 0 Å². The number of aryl methyl sites for hydroxylation is 1. The van der Waals surface area contributed by atoms with Crippen molar-refractivity contribution < 1.29 is 31.5 Å². The third-order valence-electron chi connectivity index (χ3n) is 2.07. The molecule has 7 heteroatoms. The summed E-state index contributed by atoms with van der Waals surface area (Å²) in [5, 5.41) is 0. The smallest absolute Gasteiger partial charge is 0.364 e. The molecule has 0 bridgehead atoms. The van der Waals surface area contributed by atoms with Crippen molar-refractivity contribution in [2.24, 2.45) is 0 Å². The fourth-order valence-electron chi connectivity index (χ4n) is 1.20. The normalized spacial score (nSPS) is 11.7. The standard InChI is InChI=1S/C11H9F5O2/c1-6-2-3-7(10(13)9(6)12)8(17)4-18-5-11(14,15)16/h2-3H,4-5H2,1H3. The molecule has 0 unspecified atom stereocenters. The molecular formula is C11H9F5O2. The second-order valence-electron chi connectivity index (χ2n) is 3.59. The molecule has 0 saturated carbocycles. The first-order chi connectivity index (χ1) is 8.22. The van der Waals surface area contributed by atoms with E-state index in [9.17, 15) is 26.7 Å². The predicted molar refractivity (Wildman–Crippen MR) is 52.3 cm³/mol. The molecule has 100 valence electrons. The van der Waals surface area contributed by atoms with Crippen LogP contribution >= 0.6 is 0 Å². The second-order valence-corrected chi connectivity index (χ2v) is 3.59. The highest BCUT2D eigenvalue weighted by Gasteiger charge is 2.28. The van der Waals surface area contributed by atoms with Gasteiger partial charge in [0.15, 0.2) is 17.4 Å². The van der Waals surface area contributed by atoms with Crippen molar-refractivity contribution >= 4 is 5.78 Å². The first kappa shape index (κ1) is 14.6. The van der Waals surface area contributed by atoms with E-state index in [2.05, 4.69) is 4.74 Å². The molecule has 0 amide bonds. The van der Waals surface area contributed by atoms with Crippen molar-refractivity contribution in [2.75, 3.05) is 13.2 Å². The van der Waals surface area contributed by atoms with E-state index < -0.39 is 42.4 Å². The Morgan fingerprint density at radius 1 is 1.22 bits per heavy atom. The average molecular weight is 268 g/mol. The molecule has 0 aromatic heterocycles. The number of carbonyl (C=O) groups is 1. The maximum atomic E-state index is 13.3. The summed E-state index contributed by atoms with van der Waals surface area (Å²) in [5.74, 6) is -3.62. The van der Waals surface area contributed by atoms with Gasteiger partial charge in [-0.05, 0) is 18.6 Å². The second kappa shape index (κ2) is 5.43. The minimum atomic E-state index is -4.57. The molecule has 18 heavy (non-hydrogen) atoms. The number of ketones is 1. The van der Waals surface area contributed by atoms with Crippen molar-refractivity contribution in [1.82, 2.24) is 0 Å². The molecule has 0 aliphatic heterocycles. The number of benzene rings is 1. The van der Waals surface area contributed by atoms with E-state index in [1.807, 2.05) is 0 Å². The van der Waals surface area contributed by atoms with E-state index in [-0.39, 0.29) is 5.56 Å². The van der Waals surface area contributed by atoms with Gasteiger partial charge < -0.3 is 4.74 Å². The summed E-state index contributed by atoms with van der Waals surface area (Å²) in [6.07, 6.45) is -4.57. The summed E-state index contributed by atoms with van der Waals surface area (Å²) in [6, 6.07) is 2.17. The molecule has 0 aliphatic carbocycles. The minimum Gasteiger partial charge on any atom is -0.364 e. The Labute approximate surface area is 99.4 Å². The van der Waals surface area contributed by atoms with Crippen molar-refractivity contribution in [3.05, 3.63) is 34.9 Å². The molecule has 0 saturated heterocycles. The van der Waals surface area contributed by atoms with E-state index in [4.69, 9.17) is 0 Å². The summed E-state index contributed by atoms with van der Waals surface area (Å²) >= 11 is 0. The number of ether oxygens (including phenoxy) is 1. The molecule has 1 aromatic carbocycles. The average Bonchev–Trinajstić information content (AvgIpc) is 2.24. The molecule has 0 N–H and O–H groups in total. The lowest BCUT2D eigenvalue weighted by Crippen LogP contribution is -2.21. The number of hydrogen-bond acceptors (Lipinski definition) is 2. The van der Waals surface area contributed by atoms with Crippen LogP contribution in [0.15, 0.2) is 12.1 Å². The van der Waals surface area contributed by atoms with Gasteiger partial charge in [-0.1, -0.05) is 6.07 Å². The lowest BCUT2D eigenvalue weighted by molar-refractivity contribution is -0.170. The maximum Gasteiger partial charge on any atom is 0.411 e. The minimum absolute atomic E-state index is 0.000241. The lowest BCUT2D eigenvalue weighted by atomic mass is 10.1. The molecule has 0 heterocycles. The predicted octanol–water partition coefficient (Wildman–Crippen LogP) is 3.03. The Morgan fingerprint density at radius 2 is 1.83 bits per heavy atom. The van der Waals surface area contributed by atoms with Crippen molar-refractivity contribution in [3.8, 4) is 0 Å². The zero-order chi connectivity index (χ0) is 13.9. The van der Waals surface area contributed by atoms with E-state index in [0.717, 1.165) is 12.1 Å². The Bertz CT molecular complexity index is 453. The van der Waals surface area contributed by atoms with Crippen LogP contribution in [0.5, 0.6) is 0 Å². The van der Waals surface area contributed by atoms with Crippen molar-refractivity contribution in [3.63, 3.8) is 0 Å². The molecular weight excluding hydrogens is 259 g/mol. The molecule has 1 aromatic rings. The number of hydrogen-bond donors (Lipinski definition) is 0. The van der Waals surface area contributed by atoms with E-state index in [1.54, 1.807) is 0 Å². The van der Waals surface area contributed by atoms with Gasteiger partial charge in [0.1, 0.15) is 13.2 Å². The highest BCUT2D eigenvalue weighted by molar-refractivity contribution is 5.97. The van der Waals surface area contributed by atoms with Crippen LogP contribution in [0, 0.1) is 18.6 Å². The van der Waals surface area contributed by atoms with Crippen LogP contribution in [0.4, 0.5) is 22.0 Å². The SMILES string of the molecule is Cc1ccc(C(=O)COCC(F)(F)F)c(F)c1F. The van der Waals surface area contributed by atoms with Gasteiger partial charge in [-0.3, -0.25) is 4.79 Å². The number of alkyl halides is 3. The monoisotopic (exact) mass is 268 g/mol. The summed E-state index contributed by atoms with van der Waals surface area (Å²) in [5.41, 5.74) is -0.625. The van der Waals surface area contributed by atoms with Crippen LogP contribution in [0.3, 0.4) is 0 Å². The molecule has 0 radical (unpaired) electrons. The van der Waals surface area contributed by atoms with Crippen LogP contribution in [0.2, 0.25) is 0 Å².